The highest BCUT2D eigenvalue weighted by Gasteiger charge is 2.26. The smallest absolute Gasteiger partial charge is 0.339 e. The van der Waals surface area contributed by atoms with Crippen molar-refractivity contribution >= 4 is 22.1 Å². The van der Waals surface area contributed by atoms with Crippen LogP contribution >= 0.6 is 0 Å². The molecule has 7 nitrogen and oxygen atoms in total. The molecule has 0 aromatic heterocycles. The number of para-hydroxylation sites is 1. The van der Waals surface area contributed by atoms with E-state index in [1.165, 1.54) is 24.3 Å². The van der Waals surface area contributed by atoms with Crippen molar-refractivity contribution in [1.82, 2.24) is 0 Å². The van der Waals surface area contributed by atoms with Gasteiger partial charge >= 0.3 is 15.8 Å². The third-order valence-corrected chi connectivity index (χ3v) is 4.09. The molecule has 0 aliphatic heterocycles. The lowest BCUT2D eigenvalue weighted by Crippen LogP contribution is -2.12. The SMILES string of the molecule is Cc1ccc(S(=O)(=O)Oc2c(C=O)cccc2[N+](=O)[O-])cc1. The zero-order valence-electron chi connectivity index (χ0n) is 11.4. The molecule has 0 N–H and O–H groups in total. The molecule has 0 radical (unpaired) electrons. The van der Waals surface area contributed by atoms with Crippen LogP contribution in [0.1, 0.15) is 15.9 Å². The summed E-state index contributed by atoms with van der Waals surface area (Å²) < 4.78 is 29.2. The van der Waals surface area contributed by atoms with E-state index in [9.17, 15) is 23.3 Å². The van der Waals surface area contributed by atoms with Crippen LogP contribution in [0.3, 0.4) is 0 Å². The van der Waals surface area contributed by atoms with E-state index in [2.05, 4.69) is 0 Å². The van der Waals surface area contributed by atoms with Gasteiger partial charge in [0.05, 0.1) is 10.5 Å². The van der Waals surface area contributed by atoms with Gasteiger partial charge in [-0.2, -0.15) is 8.42 Å². The Labute approximate surface area is 126 Å². The van der Waals surface area contributed by atoms with Crippen molar-refractivity contribution < 1.29 is 22.3 Å². The molecule has 0 spiro atoms. The molecule has 2 aromatic rings. The number of nitro groups is 1. The summed E-state index contributed by atoms with van der Waals surface area (Å²) in [6, 6.07) is 9.34. The Kier molecular flexibility index (Phi) is 4.22. The van der Waals surface area contributed by atoms with Gasteiger partial charge in [-0.15, -0.1) is 0 Å². The number of carbonyl (C=O) groups excluding carboxylic acids is 1. The fraction of sp³-hybridized carbons (Fsp3) is 0.0714. The van der Waals surface area contributed by atoms with Crippen LogP contribution in [0.5, 0.6) is 5.75 Å². The molecule has 8 heteroatoms. The standard InChI is InChI=1S/C14H11NO6S/c1-10-5-7-12(8-6-10)22(19,20)21-14-11(9-16)3-2-4-13(14)15(17)18/h2-9H,1H3. The van der Waals surface area contributed by atoms with E-state index in [4.69, 9.17) is 4.18 Å². The van der Waals surface area contributed by atoms with Crippen molar-refractivity contribution in [2.24, 2.45) is 0 Å². The number of rotatable bonds is 5. The summed E-state index contributed by atoms with van der Waals surface area (Å²) in [5.41, 5.74) is 0.0309. The van der Waals surface area contributed by atoms with Crippen molar-refractivity contribution in [2.75, 3.05) is 0 Å². The number of nitro benzene ring substituents is 1. The van der Waals surface area contributed by atoms with Gasteiger partial charge in [-0.25, -0.2) is 0 Å². The maximum absolute atomic E-state index is 12.2. The van der Waals surface area contributed by atoms with Crippen LogP contribution in [0.15, 0.2) is 47.4 Å². The Balaban J connectivity index is 2.52. The fourth-order valence-corrected chi connectivity index (χ4v) is 2.70. The molecule has 0 aliphatic rings. The van der Waals surface area contributed by atoms with E-state index in [-0.39, 0.29) is 10.5 Å². The molecule has 0 bridgehead atoms. The summed E-state index contributed by atoms with van der Waals surface area (Å²) >= 11 is 0. The Hall–Kier alpha value is -2.74. The molecule has 2 rings (SSSR count). The highest BCUT2D eigenvalue weighted by molar-refractivity contribution is 7.87. The van der Waals surface area contributed by atoms with Gasteiger partial charge in [0.1, 0.15) is 4.90 Å². The van der Waals surface area contributed by atoms with Crippen molar-refractivity contribution in [3.05, 3.63) is 63.7 Å². The average Bonchev–Trinajstić information content (AvgIpc) is 2.47. The summed E-state index contributed by atoms with van der Waals surface area (Å²) in [5, 5.41) is 11.0. The summed E-state index contributed by atoms with van der Waals surface area (Å²) in [4.78, 5) is 21.0. The van der Waals surface area contributed by atoms with E-state index >= 15 is 0 Å². The molecule has 0 aliphatic carbocycles. The molecule has 0 unspecified atom stereocenters. The lowest BCUT2D eigenvalue weighted by Gasteiger charge is -2.09. The van der Waals surface area contributed by atoms with Crippen LogP contribution < -0.4 is 4.18 Å². The van der Waals surface area contributed by atoms with Gasteiger partial charge in [0.15, 0.2) is 6.29 Å². The first-order chi connectivity index (χ1) is 10.3. The Morgan fingerprint density at radius 3 is 2.32 bits per heavy atom. The van der Waals surface area contributed by atoms with E-state index in [0.717, 1.165) is 11.6 Å². The van der Waals surface area contributed by atoms with Gasteiger partial charge < -0.3 is 4.18 Å². The quantitative estimate of drug-likeness (QED) is 0.363. The summed E-state index contributed by atoms with van der Waals surface area (Å²) in [5.74, 6) is -0.594. The molecule has 2 aromatic carbocycles. The van der Waals surface area contributed by atoms with Crippen molar-refractivity contribution in [1.29, 1.82) is 0 Å². The zero-order valence-corrected chi connectivity index (χ0v) is 12.2. The normalized spacial score (nSPS) is 11.0. The first kappa shape index (κ1) is 15.6. The topological polar surface area (TPSA) is 104 Å². The Morgan fingerprint density at radius 2 is 1.77 bits per heavy atom. The van der Waals surface area contributed by atoms with Crippen molar-refractivity contribution in [3.63, 3.8) is 0 Å². The zero-order chi connectivity index (χ0) is 16.3. The highest BCUT2D eigenvalue weighted by Crippen LogP contribution is 2.32. The summed E-state index contributed by atoms with van der Waals surface area (Å²) in [7, 11) is -4.28. The number of hydrogen-bond donors (Lipinski definition) is 0. The Morgan fingerprint density at radius 1 is 1.14 bits per heavy atom. The van der Waals surface area contributed by atoms with E-state index in [1.807, 2.05) is 0 Å². The molecule has 0 saturated heterocycles. The van der Waals surface area contributed by atoms with Gasteiger partial charge in [0.2, 0.25) is 5.75 Å². The van der Waals surface area contributed by atoms with Crippen LogP contribution in [0, 0.1) is 17.0 Å². The second-order valence-electron chi connectivity index (χ2n) is 4.42. The monoisotopic (exact) mass is 321 g/mol. The number of hydrogen-bond acceptors (Lipinski definition) is 6. The van der Waals surface area contributed by atoms with Crippen LogP contribution in [0.25, 0.3) is 0 Å². The van der Waals surface area contributed by atoms with Crippen LogP contribution in [0.2, 0.25) is 0 Å². The van der Waals surface area contributed by atoms with Crippen LogP contribution in [-0.2, 0) is 10.1 Å². The van der Waals surface area contributed by atoms with Gasteiger partial charge in [0, 0.05) is 6.07 Å². The minimum Gasteiger partial charge on any atom is -0.371 e. The molecule has 0 saturated carbocycles. The number of aldehydes is 1. The minimum atomic E-state index is -4.28. The number of benzene rings is 2. The second-order valence-corrected chi connectivity index (χ2v) is 5.97. The fourth-order valence-electron chi connectivity index (χ4n) is 1.73. The maximum Gasteiger partial charge on any atom is 0.339 e. The maximum atomic E-state index is 12.2. The number of carbonyl (C=O) groups is 1. The first-order valence-electron chi connectivity index (χ1n) is 6.09. The predicted octanol–water partition coefficient (Wildman–Crippen LogP) is 2.48. The van der Waals surface area contributed by atoms with E-state index < -0.39 is 26.5 Å². The van der Waals surface area contributed by atoms with Gasteiger partial charge in [-0.1, -0.05) is 23.8 Å². The number of aryl methyl sites for hydroxylation is 1. The van der Waals surface area contributed by atoms with E-state index in [0.29, 0.717) is 6.29 Å². The predicted molar refractivity (Wildman–Crippen MR) is 77.5 cm³/mol. The molecule has 22 heavy (non-hydrogen) atoms. The first-order valence-corrected chi connectivity index (χ1v) is 7.50. The molecular formula is C14H11NO6S. The third-order valence-electron chi connectivity index (χ3n) is 2.85. The average molecular weight is 321 g/mol. The van der Waals surface area contributed by atoms with Crippen molar-refractivity contribution in [2.45, 2.75) is 11.8 Å². The molecule has 0 fully saturated rings. The summed E-state index contributed by atoms with van der Waals surface area (Å²) in [6.45, 7) is 1.78. The minimum absolute atomic E-state index is 0.159. The largest absolute Gasteiger partial charge is 0.371 e. The van der Waals surface area contributed by atoms with E-state index in [1.54, 1.807) is 19.1 Å². The third kappa shape index (κ3) is 3.12. The molecule has 114 valence electrons. The lowest BCUT2D eigenvalue weighted by atomic mass is 10.2. The highest BCUT2D eigenvalue weighted by atomic mass is 32.2. The van der Waals surface area contributed by atoms with Crippen LogP contribution in [0.4, 0.5) is 5.69 Å². The van der Waals surface area contributed by atoms with Gasteiger partial charge in [0.25, 0.3) is 0 Å². The van der Waals surface area contributed by atoms with Gasteiger partial charge in [-0.05, 0) is 25.1 Å². The molecular weight excluding hydrogens is 310 g/mol. The number of nitrogens with zero attached hydrogens (tertiary/aromatic N) is 1. The molecule has 0 amide bonds. The second kappa shape index (κ2) is 5.94. The van der Waals surface area contributed by atoms with Crippen LogP contribution in [-0.4, -0.2) is 19.6 Å². The molecule has 0 heterocycles. The Bertz CT molecular complexity index is 827. The molecule has 0 atom stereocenters. The van der Waals surface area contributed by atoms with Crippen molar-refractivity contribution in [3.8, 4) is 5.75 Å². The lowest BCUT2D eigenvalue weighted by molar-refractivity contribution is -0.385. The summed E-state index contributed by atoms with van der Waals surface area (Å²) in [6.07, 6.45) is 0.299. The van der Waals surface area contributed by atoms with Gasteiger partial charge in [-0.3, -0.25) is 14.9 Å².